The highest BCUT2D eigenvalue weighted by Crippen LogP contribution is 2.18. The quantitative estimate of drug-likeness (QED) is 0.814. The molecular formula is C12H19N7. The van der Waals surface area contributed by atoms with E-state index < -0.39 is 0 Å². The number of nitrogens with one attached hydrogen (secondary N) is 2. The number of aryl methyl sites for hydroxylation is 2. The molecule has 0 aromatic carbocycles. The second kappa shape index (κ2) is 4.65. The normalized spacial score (nSPS) is 19.9. The van der Waals surface area contributed by atoms with Crippen molar-refractivity contribution in [3.63, 3.8) is 0 Å². The van der Waals surface area contributed by atoms with Gasteiger partial charge in [-0.1, -0.05) is 0 Å². The van der Waals surface area contributed by atoms with E-state index in [1.807, 2.05) is 24.7 Å². The summed E-state index contributed by atoms with van der Waals surface area (Å²) in [7, 11) is 1.91. The summed E-state index contributed by atoms with van der Waals surface area (Å²) >= 11 is 0. The van der Waals surface area contributed by atoms with Gasteiger partial charge < -0.3 is 10.2 Å². The van der Waals surface area contributed by atoms with Gasteiger partial charge in [0.2, 0.25) is 5.95 Å². The predicted octanol–water partition coefficient (Wildman–Crippen LogP) is 0.312. The van der Waals surface area contributed by atoms with Gasteiger partial charge in [0, 0.05) is 32.7 Å². The van der Waals surface area contributed by atoms with Crippen molar-refractivity contribution >= 4 is 5.95 Å². The molecule has 1 aliphatic heterocycles. The molecule has 102 valence electrons. The maximum absolute atomic E-state index is 4.58. The van der Waals surface area contributed by atoms with Crippen LogP contribution in [0.1, 0.15) is 12.6 Å². The Labute approximate surface area is 112 Å². The Kier molecular flexibility index (Phi) is 2.98. The molecule has 0 radical (unpaired) electrons. The first-order valence-electron chi connectivity index (χ1n) is 6.55. The van der Waals surface area contributed by atoms with Crippen LogP contribution in [-0.2, 0) is 7.05 Å². The summed E-state index contributed by atoms with van der Waals surface area (Å²) in [4.78, 5) is 6.78. The van der Waals surface area contributed by atoms with Crippen LogP contribution in [-0.4, -0.2) is 50.6 Å². The van der Waals surface area contributed by atoms with Gasteiger partial charge in [0.05, 0.1) is 5.69 Å². The summed E-state index contributed by atoms with van der Waals surface area (Å²) < 4.78 is 1.82. The number of piperazine rings is 1. The van der Waals surface area contributed by atoms with Crippen LogP contribution in [0.2, 0.25) is 0 Å². The van der Waals surface area contributed by atoms with E-state index in [4.69, 9.17) is 0 Å². The van der Waals surface area contributed by atoms with Crippen molar-refractivity contribution in [2.45, 2.75) is 19.9 Å². The maximum Gasteiger partial charge on any atom is 0.245 e. The average molecular weight is 261 g/mol. The molecule has 0 amide bonds. The summed E-state index contributed by atoms with van der Waals surface area (Å²) in [5.41, 5.74) is 1.94. The van der Waals surface area contributed by atoms with Gasteiger partial charge in [0.15, 0.2) is 5.82 Å². The van der Waals surface area contributed by atoms with E-state index in [1.165, 1.54) is 0 Å². The molecule has 1 saturated heterocycles. The van der Waals surface area contributed by atoms with E-state index in [0.29, 0.717) is 6.04 Å². The number of anilines is 1. The van der Waals surface area contributed by atoms with Crippen molar-refractivity contribution in [3.05, 3.63) is 11.8 Å². The van der Waals surface area contributed by atoms with Gasteiger partial charge in [-0.3, -0.25) is 9.78 Å². The number of aromatic nitrogens is 5. The Morgan fingerprint density at radius 1 is 1.42 bits per heavy atom. The standard InChI is InChI=1S/C12H19N7/c1-8-6-10(18(3)17-8)11-14-12(16-15-11)19-5-4-13-9(2)7-19/h6,9,13H,4-5,7H2,1-3H3,(H,14,15,16). The van der Waals surface area contributed by atoms with Gasteiger partial charge in [-0.15, -0.1) is 5.10 Å². The summed E-state index contributed by atoms with van der Waals surface area (Å²) in [6, 6.07) is 2.47. The zero-order valence-corrected chi connectivity index (χ0v) is 11.5. The number of hydrogen-bond acceptors (Lipinski definition) is 5. The fourth-order valence-corrected chi connectivity index (χ4v) is 2.46. The molecule has 2 aromatic rings. The van der Waals surface area contributed by atoms with Crippen LogP contribution in [0.5, 0.6) is 0 Å². The molecule has 0 aliphatic carbocycles. The molecule has 1 atom stereocenters. The minimum Gasteiger partial charge on any atom is -0.337 e. The van der Waals surface area contributed by atoms with Crippen LogP contribution in [0.15, 0.2) is 6.07 Å². The highest BCUT2D eigenvalue weighted by Gasteiger charge is 2.20. The van der Waals surface area contributed by atoms with Crippen LogP contribution in [0.4, 0.5) is 5.95 Å². The Hall–Kier alpha value is -1.89. The topological polar surface area (TPSA) is 74.7 Å². The van der Waals surface area contributed by atoms with Crippen molar-refractivity contribution in [1.82, 2.24) is 30.3 Å². The van der Waals surface area contributed by atoms with Crippen molar-refractivity contribution in [1.29, 1.82) is 0 Å². The highest BCUT2D eigenvalue weighted by molar-refractivity contribution is 5.52. The van der Waals surface area contributed by atoms with Crippen LogP contribution in [0.3, 0.4) is 0 Å². The third-order valence-corrected chi connectivity index (χ3v) is 3.37. The summed E-state index contributed by atoms with van der Waals surface area (Å²) in [5, 5.41) is 15.1. The minimum absolute atomic E-state index is 0.467. The molecular weight excluding hydrogens is 242 g/mol. The van der Waals surface area contributed by atoms with Gasteiger partial charge in [0.25, 0.3) is 0 Å². The average Bonchev–Trinajstić information content (AvgIpc) is 2.96. The first-order valence-corrected chi connectivity index (χ1v) is 6.55. The number of rotatable bonds is 2. The molecule has 3 heterocycles. The van der Waals surface area contributed by atoms with E-state index in [2.05, 4.69) is 37.4 Å². The van der Waals surface area contributed by atoms with Crippen molar-refractivity contribution in [3.8, 4) is 11.5 Å². The van der Waals surface area contributed by atoms with Gasteiger partial charge >= 0.3 is 0 Å². The van der Waals surface area contributed by atoms with E-state index >= 15 is 0 Å². The molecule has 0 spiro atoms. The first-order chi connectivity index (χ1) is 9.13. The lowest BCUT2D eigenvalue weighted by Crippen LogP contribution is -2.49. The molecule has 0 saturated carbocycles. The van der Waals surface area contributed by atoms with Gasteiger partial charge in [-0.25, -0.2) is 0 Å². The summed E-state index contributed by atoms with van der Waals surface area (Å²) in [5.74, 6) is 1.53. The van der Waals surface area contributed by atoms with Gasteiger partial charge in [-0.05, 0) is 19.9 Å². The predicted molar refractivity (Wildman–Crippen MR) is 73.0 cm³/mol. The number of nitrogens with zero attached hydrogens (tertiary/aromatic N) is 5. The van der Waals surface area contributed by atoms with Crippen LogP contribution in [0, 0.1) is 6.92 Å². The maximum atomic E-state index is 4.58. The second-order valence-electron chi connectivity index (χ2n) is 5.08. The molecule has 1 aliphatic rings. The first kappa shape index (κ1) is 12.2. The summed E-state index contributed by atoms with van der Waals surface area (Å²) in [6.45, 7) is 6.98. The molecule has 2 N–H and O–H groups in total. The number of aromatic amines is 1. The molecule has 1 unspecified atom stereocenters. The van der Waals surface area contributed by atoms with Gasteiger partial charge in [-0.2, -0.15) is 10.1 Å². The molecule has 3 rings (SSSR count). The zero-order chi connectivity index (χ0) is 13.4. The fraction of sp³-hybridized carbons (Fsp3) is 0.583. The largest absolute Gasteiger partial charge is 0.337 e. The molecule has 0 bridgehead atoms. The monoisotopic (exact) mass is 261 g/mol. The summed E-state index contributed by atoms with van der Waals surface area (Å²) in [6.07, 6.45) is 0. The third-order valence-electron chi connectivity index (χ3n) is 3.37. The SMILES string of the molecule is Cc1cc(-c2nc(N3CCNC(C)C3)n[nH]2)n(C)n1. The van der Waals surface area contributed by atoms with Crippen molar-refractivity contribution < 1.29 is 0 Å². The highest BCUT2D eigenvalue weighted by atomic mass is 15.4. The molecule has 19 heavy (non-hydrogen) atoms. The Bertz CT molecular complexity index is 570. The van der Waals surface area contributed by atoms with Crippen LogP contribution < -0.4 is 10.2 Å². The molecule has 2 aromatic heterocycles. The zero-order valence-electron chi connectivity index (χ0n) is 11.5. The second-order valence-corrected chi connectivity index (χ2v) is 5.08. The number of H-pyrrole nitrogens is 1. The van der Waals surface area contributed by atoms with E-state index in [0.717, 1.165) is 42.8 Å². The fourth-order valence-electron chi connectivity index (χ4n) is 2.46. The van der Waals surface area contributed by atoms with Gasteiger partial charge in [0.1, 0.15) is 5.69 Å². The van der Waals surface area contributed by atoms with E-state index in [-0.39, 0.29) is 0 Å². The lowest BCUT2D eigenvalue weighted by atomic mass is 10.2. The van der Waals surface area contributed by atoms with E-state index in [1.54, 1.807) is 0 Å². The van der Waals surface area contributed by atoms with Crippen LogP contribution >= 0.6 is 0 Å². The van der Waals surface area contributed by atoms with Crippen molar-refractivity contribution in [2.75, 3.05) is 24.5 Å². The van der Waals surface area contributed by atoms with Crippen LogP contribution in [0.25, 0.3) is 11.5 Å². The smallest absolute Gasteiger partial charge is 0.245 e. The Balaban J connectivity index is 1.85. The molecule has 7 heteroatoms. The molecule has 1 fully saturated rings. The Morgan fingerprint density at radius 2 is 2.26 bits per heavy atom. The van der Waals surface area contributed by atoms with E-state index in [9.17, 15) is 0 Å². The van der Waals surface area contributed by atoms with Crippen molar-refractivity contribution in [2.24, 2.45) is 7.05 Å². The lowest BCUT2D eigenvalue weighted by molar-refractivity contribution is 0.480. The minimum atomic E-state index is 0.467. The Morgan fingerprint density at radius 3 is 2.95 bits per heavy atom. The third kappa shape index (κ3) is 2.33. The lowest BCUT2D eigenvalue weighted by Gasteiger charge is -2.30. The molecule has 7 nitrogen and oxygen atoms in total. The number of hydrogen-bond donors (Lipinski definition) is 2.